The maximum absolute atomic E-state index is 4.65. The molecule has 104 valence electrons. The van der Waals surface area contributed by atoms with Gasteiger partial charge in [0.2, 0.25) is 0 Å². The summed E-state index contributed by atoms with van der Waals surface area (Å²) < 4.78 is 0. The highest BCUT2D eigenvalue weighted by molar-refractivity contribution is 6.41. The SMILES string of the molecule is CC(C)N1CCN(C2=NC=CN3C2=NC[C@@H]3C)CC1. The lowest BCUT2D eigenvalue weighted by molar-refractivity contribution is 0.149. The lowest BCUT2D eigenvalue weighted by Gasteiger charge is -2.39. The average Bonchev–Trinajstić information content (AvgIpc) is 2.81. The van der Waals surface area contributed by atoms with Gasteiger partial charge in [0.25, 0.3) is 0 Å². The van der Waals surface area contributed by atoms with E-state index in [1.807, 2.05) is 12.4 Å². The Balaban J connectivity index is 1.70. The number of fused-ring (bicyclic) bond motifs is 1. The van der Waals surface area contributed by atoms with Crippen molar-refractivity contribution in [1.29, 1.82) is 0 Å². The molecule has 3 aliphatic rings. The van der Waals surface area contributed by atoms with Gasteiger partial charge in [-0.2, -0.15) is 0 Å². The van der Waals surface area contributed by atoms with Gasteiger partial charge in [-0.3, -0.25) is 9.89 Å². The molecule has 0 radical (unpaired) electrons. The molecule has 0 saturated carbocycles. The van der Waals surface area contributed by atoms with Crippen molar-refractivity contribution in [2.45, 2.75) is 32.9 Å². The molecule has 0 N–H and O–H groups in total. The second-order valence-corrected chi connectivity index (χ2v) is 5.79. The van der Waals surface area contributed by atoms with Gasteiger partial charge < -0.3 is 9.80 Å². The van der Waals surface area contributed by atoms with E-state index in [4.69, 9.17) is 0 Å². The highest BCUT2D eigenvalue weighted by Crippen LogP contribution is 2.18. The van der Waals surface area contributed by atoms with Gasteiger partial charge in [0.1, 0.15) is 0 Å². The molecule has 0 amide bonds. The zero-order chi connectivity index (χ0) is 13.4. The quantitative estimate of drug-likeness (QED) is 0.706. The van der Waals surface area contributed by atoms with Crippen LogP contribution in [0.2, 0.25) is 0 Å². The fourth-order valence-electron chi connectivity index (χ4n) is 2.91. The maximum atomic E-state index is 4.65. The predicted molar refractivity (Wildman–Crippen MR) is 78.5 cm³/mol. The van der Waals surface area contributed by atoms with E-state index in [0.29, 0.717) is 12.1 Å². The van der Waals surface area contributed by atoms with Crippen molar-refractivity contribution in [1.82, 2.24) is 14.7 Å². The van der Waals surface area contributed by atoms with Gasteiger partial charge in [0, 0.05) is 44.6 Å². The summed E-state index contributed by atoms with van der Waals surface area (Å²) >= 11 is 0. The average molecular weight is 261 g/mol. The van der Waals surface area contributed by atoms with E-state index in [2.05, 4.69) is 45.5 Å². The molecule has 5 heteroatoms. The maximum Gasteiger partial charge on any atom is 0.172 e. The normalized spacial score (nSPS) is 27.7. The minimum absolute atomic E-state index is 0.466. The third-order valence-electron chi connectivity index (χ3n) is 4.19. The van der Waals surface area contributed by atoms with Gasteiger partial charge >= 0.3 is 0 Å². The Morgan fingerprint density at radius 3 is 2.58 bits per heavy atom. The molecular formula is C14H23N5. The Labute approximate surface area is 115 Å². The Morgan fingerprint density at radius 2 is 1.89 bits per heavy atom. The van der Waals surface area contributed by atoms with Gasteiger partial charge in [-0.05, 0) is 20.8 Å². The highest BCUT2D eigenvalue weighted by atomic mass is 15.4. The van der Waals surface area contributed by atoms with Crippen LogP contribution in [-0.2, 0) is 0 Å². The first-order valence-electron chi connectivity index (χ1n) is 7.23. The number of hydrogen-bond donors (Lipinski definition) is 0. The second kappa shape index (κ2) is 4.96. The first-order chi connectivity index (χ1) is 9.16. The van der Waals surface area contributed by atoms with Crippen molar-refractivity contribution in [3.05, 3.63) is 12.4 Å². The molecule has 19 heavy (non-hydrogen) atoms. The van der Waals surface area contributed by atoms with Crippen molar-refractivity contribution in [3.63, 3.8) is 0 Å². The van der Waals surface area contributed by atoms with Crippen LogP contribution in [0.25, 0.3) is 0 Å². The molecule has 1 fully saturated rings. The van der Waals surface area contributed by atoms with Crippen molar-refractivity contribution in [2.75, 3.05) is 32.7 Å². The summed E-state index contributed by atoms with van der Waals surface area (Å²) in [5.74, 6) is 2.13. The number of hydrogen-bond acceptors (Lipinski definition) is 5. The molecule has 3 heterocycles. The molecule has 0 aromatic rings. The van der Waals surface area contributed by atoms with Crippen LogP contribution < -0.4 is 0 Å². The summed E-state index contributed by atoms with van der Waals surface area (Å²) in [6.45, 7) is 11.9. The standard InChI is InChI=1S/C14H23N5/c1-11(2)17-6-8-18(9-7-17)13-14-16-10-12(3)19(14)5-4-15-13/h4-5,11-12H,6-10H2,1-3H3/t12-/m0/s1. The van der Waals surface area contributed by atoms with Gasteiger partial charge in [-0.25, -0.2) is 4.99 Å². The zero-order valence-corrected chi connectivity index (χ0v) is 12.1. The Hall–Kier alpha value is -1.36. The monoisotopic (exact) mass is 261 g/mol. The van der Waals surface area contributed by atoms with Crippen LogP contribution >= 0.6 is 0 Å². The number of amidine groups is 2. The van der Waals surface area contributed by atoms with E-state index in [0.717, 1.165) is 44.4 Å². The first-order valence-corrected chi connectivity index (χ1v) is 7.23. The lowest BCUT2D eigenvalue weighted by atomic mass is 10.2. The summed E-state index contributed by atoms with van der Waals surface area (Å²) in [6.07, 6.45) is 3.95. The fraction of sp³-hybridized carbons (Fsp3) is 0.714. The third-order valence-corrected chi connectivity index (χ3v) is 4.19. The minimum atomic E-state index is 0.466. The van der Waals surface area contributed by atoms with Crippen LogP contribution in [0.5, 0.6) is 0 Å². The van der Waals surface area contributed by atoms with E-state index >= 15 is 0 Å². The van der Waals surface area contributed by atoms with Gasteiger partial charge in [-0.1, -0.05) is 0 Å². The van der Waals surface area contributed by atoms with Crippen LogP contribution in [0.15, 0.2) is 22.4 Å². The fourth-order valence-corrected chi connectivity index (χ4v) is 2.91. The minimum Gasteiger partial charge on any atom is -0.351 e. The molecule has 0 aliphatic carbocycles. The number of aliphatic imine (C=N–C) groups is 2. The molecule has 3 rings (SSSR count). The second-order valence-electron chi connectivity index (χ2n) is 5.79. The molecule has 0 bridgehead atoms. The van der Waals surface area contributed by atoms with Gasteiger partial charge in [0.15, 0.2) is 11.7 Å². The number of nitrogens with zero attached hydrogens (tertiary/aromatic N) is 5. The molecule has 1 saturated heterocycles. The smallest absolute Gasteiger partial charge is 0.172 e. The van der Waals surface area contributed by atoms with Crippen LogP contribution in [-0.4, -0.2) is 71.2 Å². The molecule has 5 nitrogen and oxygen atoms in total. The predicted octanol–water partition coefficient (Wildman–Crippen LogP) is 0.998. The van der Waals surface area contributed by atoms with Crippen LogP contribution in [0.3, 0.4) is 0 Å². The van der Waals surface area contributed by atoms with E-state index in [-0.39, 0.29) is 0 Å². The number of piperazine rings is 1. The summed E-state index contributed by atoms with van der Waals surface area (Å²) in [5.41, 5.74) is 0. The van der Waals surface area contributed by atoms with Crippen LogP contribution in [0.4, 0.5) is 0 Å². The molecule has 0 spiro atoms. The first kappa shape index (κ1) is 12.7. The Bertz CT molecular complexity index is 429. The van der Waals surface area contributed by atoms with Gasteiger partial charge in [0.05, 0.1) is 12.6 Å². The molecule has 1 atom stereocenters. The summed E-state index contributed by atoms with van der Waals surface area (Å²) in [4.78, 5) is 16.4. The van der Waals surface area contributed by atoms with Crippen LogP contribution in [0.1, 0.15) is 20.8 Å². The van der Waals surface area contributed by atoms with E-state index in [1.54, 1.807) is 0 Å². The molecule has 0 aromatic heterocycles. The van der Waals surface area contributed by atoms with Crippen molar-refractivity contribution in [3.8, 4) is 0 Å². The summed E-state index contributed by atoms with van der Waals surface area (Å²) in [7, 11) is 0. The van der Waals surface area contributed by atoms with Crippen LogP contribution in [0, 0.1) is 0 Å². The van der Waals surface area contributed by atoms with Gasteiger partial charge in [-0.15, -0.1) is 0 Å². The van der Waals surface area contributed by atoms with E-state index in [9.17, 15) is 0 Å². The molecule has 3 aliphatic heterocycles. The lowest BCUT2D eigenvalue weighted by Crippen LogP contribution is -2.54. The summed E-state index contributed by atoms with van der Waals surface area (Å²) in [6, 6.07) is 1.10. The van der Waals surface area contributed by atoms with Crippen molar-refractivity contribution in [2.24, 2.45) is 9.98 Å². The molecular weight excluding hydrogens is 238 g/mol. The van der Waals surface area contributed by atoms with E-state index < -0.39 is 0 Å². The zero-order valence-electron chi connectivity index (χ0n) is 12.1. The van der Waals surface area contributed by atoms with Crippen molar-refractivity contribution < 1.29 is 0 Å². The topological polar surface area (TPSA) is 34.4 Å². The van der Waals surface area contributed by atoms with E-state index in [1.165, 1.54) is 0 Å². The Kier molecular flexibility index (Phi) is 3.31. The Morgan fingerprint density at radius 1 is 1.16 bits per heavy atom. The van der Waals surface area contributed by atoms with Crippen molar-refractivity contribution >= 4 is 11.7 Å². The molecule has 0 aromatic carbocycles. The third kappa shape index (κ3) is 2.27. The highest BCUT2D eigenvalue weighted by Gasteiger charge is 2.32. The number of rotatable bonds is 1. The summed E-state index contributed by atoms with van der Waals surface area (Å²) in [5, 5.41) is 0. The largest absolute Gasteiger partial charge is 0.351 e. The molecule has 0 unspecified atom stereocenters.